The van der Waals surface area contributed by atoms with Gasteiger partial charge in [-0.25, -0.2) is 4.79 Å². The number of hydrogen-bond donors (Lipinski definition) is 0. The molecule has 1 aromatic heterocycles. The van der Waals surface area contributed by atoms with Gasteiger partial charge in [0.1, 0.15) is 0 Å². The van der Waals surface area contributed by atoms with E-state index in [4.69, 9.17) is 0 Å². The molecule has 0 bridgehead atoms. The predicted molar refractivity (Wildman–Crippen MR) is 61.2 cm³/mol. The Labute approximate surface area is 88.9 Å². The van der Waals surface area contributed by atoms with Gasteiger partial charge in [0.2, 0.25) is 0 Å². The van der Waals surface area contributed by atoms with Crippen molar-refractivity contribution >= 4 is 16.9 Å². The molecule has 15 heavy (non-hydrogen) atoms. The fraction of sp³-hybridized carbons (Fsp3) is 0.250. The van der Waals surface area contributed by atoms with Crippen LogP contribution in [0.5, 0.6) is 0 Å². The lowest BCUT2D eigenvalue weighted by Crippen LogP contribution is -2.27. The van der Waals surface area contributed by atoms with E-state index in [0.29, 0.717) is 0 Å². The number of hydrogen-bond acceptors (Lipinski definition) is 1. The minimum absolute atomic E-state index is 0.00583. The summed E-state index contributed by atoms with van der Waals surface area (Å²) in [6.45, 7) is 1.95. The van der Waals surface area contributed by atoms with Crippen LogP contribution in [0.15, 0.2) is 30.3 Å². The van der Waals surface area contributed by atoms with Gasteiger partial charge >= 0.3 is 6.03 Å². The maximum atomic E-state index is 11.9. The Morgan fingerprint density at radius 3 is 2.60 bits per heavy atom. The summed E-state index contributed by atoms with van der Waals surface area (Å²) in [4.78, 5) is 13.5. The number of aromatic nitrogens is 1. The van der Waals surface area contributed by atoms with E-state index in [0.717, 1.165) is 16.6 Å². The second-order valence-corrected chi connectivity index (χ2v) is 3.86. The summed E-state index contributed by atoms with van der Waals surface area (Å²) in [6, 6.07) is 9.92. The van der Waals surface area contributed by atoms with Crippen LogP contribution in [0.3, 0.4) is 0 Å². The first kappa shape index (κ1) is 9.77. The van der Waals surface area contributed by atoms with E-state index >= 15 is 0 Å². The number of carbonyl (C=O) groups is 1. The average Bonchev–Trinajstić information content (AvgIpc) is 2.52. The highest BCUT2D eigenvalue weighted by Gasteiger charge is 2.13. The van der Waals surface area contributed by atoms with Gasteiger partial charge in [0, 0.05) is 25.2 Å². The van der Waals surface area contributed by atoms with Crippen molar-refractivity contribution in [3.05, 3.63) is 36.0 Å². The lowest BCUT2D eigenvalue weighted by molar-refractivity contribution is 0.219. The van der Waals surface area contributed by atoms with Gasteiger partial charge in [-0.2, -0.15) is 0 Å². The number of aryl methyl sites for hydroxylation is 1. The second kappa shape index (κ2) is 3.42. The molecule has 0 saturated carbocycles. The van der Waals surface area contributed by atoms with Crippen molar-refractivity contribution < 1.29 is 4.79 Å². The summed E-state index contributed by atoms with van der Waals surface area (Å²) in [5.41, 5.74) is 1.93. The Bertz CT molecular complexity index is 511. The molecule has 0 fully saturated rings. The largest absolute Gasteiger partial charge is 0.330 e. The number of para-hydroxylation sites is 1. The van der Waals surface area contributed by atoms with Gasteiger partial charge in [-0.1, -0.05) is 18.2 Å². The molecule has 1 aromatic carbocycles. The van der Waals surface area contributed by atoms with Gasteiger partial charge in [0.05, 0.1) is 5.52 Å². The number of carbonyl (C=O) groups excluding carboxylic acids is 1. The normalized spacial score (nSPS) is 10.6. The zero-order chi connectivity index (χ0) is 11.0. The van der Waals surface area contributed by atoms with E-state index in [9.17, 15) is 4.79 Å². The van der Waals surface area contributed by atoms with Gasteiger partial charge < -0.3 is 4.90 Å². The van der Waals surface area contributed by atoms with E-state index < -0.39 is 0 Å². The van der Waals surface area contributed by atoms with Crippen molar-refractivity contribution in [2.24, 2.45) is 0 Å². The molecule has 78 valence electrons. The van der Waals surface area contributed by atoms with Crippen molar-refractivity contribution in [3.63, 3.8) is 0 Å². The molecule has 0 N–H and O–H groups in total. The molecule has 3 heteroatoms. The van der Waals surface area contributed by atoms with Gasteiger partial charge in [0.15, 0.2) is 0 Å². The maximum absolute atomic E-state index is 11.9. The molecule has 2 rings (SSSR count). The van der Waals surface area contributed by atoms with Gasteiger partial charge in [-0.05, 0) is 19.1 Å². The van der Waals surface area contributed by atoms with Gasteiger partial charge in [-0.3, -0.25) is 4.57 Å². The summed E-state index contributed by atoms with van der Waals surface area (Å²) in [5.74, 6) is 0. The lowest BCUT2D eigenvalue weighted by Gasteiger charge is -2.13. The number of amides is 1. The van der Waals surface area contributed by atoms with Crippen molar-refractivity contribution in [2.75, 3.05) is 14.1 Å². The van der Waals surface area contributed by atoms with E-state index in [2.05, 4.69) is 0 Å². The van der Waals surface area contributed by atoms with Crippen LogP contribution in [0.25, 0.3) is 10.9 Å². The minimum atomic E-state index is -0.00583. The molecule has 0 spiro atoms. The predicted octanol–water partition coefficient (Wildman–Crippen LogP) is 2.48. The van der Waals surface area contributed by atoms with E-state index in [-0.39, 0.29) is 6.03 Å². The summed E-state index contributed by atoms with van der Waals surface area (Å²) < 4.78 is 1.73. The molecule has 0 unspecified atom stereocenters. The van der Waals surface area contributed by atoms with Crippen LogP contribution in [0.1, 0.15) is 5.69 Å². The molecule has 0 aliphatic rings. The first-order valence-electron chi connectivity index (χ1n) is 4.90. The summed E-state index contributed by atoms with van der Waals surface area (Å²) in [5, 5.41) is 1.10. The molecule has 3 nitrogen and oxygen atoms in total. The SMILES string of the molecule is Cc1cc2ccccc2n1C(=O)N(C)C. The van der Waals surface area contributed by atoms with Gasteiger partial charge in [0.25, 0.3) is 0 Å². The molecule has 2 aromatic rings. The molecule has 0 aliphatic carbocycles. The van der Waals surface area contributed by atoms with Crippen LogP contribution in [0.2, 0.25) is 0 Å². The smallest absolute Gasteiger partial charge is 0.328 e. The Balaban J connectivity index is 2.69. The van der Waals surface area contributed by atoms with E-state index in [1.165, 1.54) is 0 Å². The van der Waals surface area contributed by atoms with E-state index in [1.807, 2.05) is 37.3 Å². The zero-order valence-electron chi connectivity index (χ0n) is 9.19. The third-order valence-electron chi connectivity index (χ3n) is 2.47. The molecule has 0 aliphatic heterocycles. The first-order valence-corrected chi connectivity index (χ1v) is 4.90. The number of rotatable bonds is 0. The van der Waals surface area contributed by atoms with Crippen molar-refractivity contribution in [3.8, 4) is 0 Å². The second-order valence-electron chi connectivity index (χ2n) is 3.86. The van der Waals surface area contributed by atoms with Crippen molar-refractivity contribution in [1.82, 2.24) is 9.47 Å². The topological polar surface area (TPSA) is 25.2 Å². The Hall–Kier alpha value is -1.77. The summed E-state index contributed by atoms with van der Waals surface area (Å²) in [6.07, 6.45) is 0. The molecule has 0 atom stereocenters. The van der Waals surface area contributed by atoms with Crippen molar-refractivity contribution in [1.29, 1.82) is 0 Å². The maximum Gasteiger partial charge on any atom is 0.328 e. The molecule has 0 saturated heterocycles. The molecule has 1 amide bonds. The molecular weight excluding hydrogens is 188 g/mol. The molecule has 1 heterocycles. The minimum Gasteiger partial charge on any atom is -0.330 e. The summed E-state index contributed by atoms with van der Waals surface area (Å²) in [7, 11) is 3.52. The highest BCUT2D eigenvalue weighted by atomic mass is 16.2. The lowest BCUT2D eigenvalue weighted by atomic mass is 10.2. The monoisotopic (exact) mass is 202 g/mol. The quantitative estimate of drug-likeness (QED) is 0.644. The first-order chi connectivity index (χ1) is 7.11. The highest BCUT2D eigenvalue weighted by Crippen LogP contribution is 2.19. The third-order valence-corrected chi connectivity index (χ3v) is 2.47. The van der Waals surface area contributed by atoms with Crippen molar-refractivity contribution in [2.45, 2.75) is 6.92 Å². The number of benzene rings is 1. The van der Waals surface area contributed by atoms with Gasteiger partial charge in [-0.15, -0.1) is 0 Å². The molecule has 0 radical (unpaired) electrons. The van der Waals surface area contributed by atoms with Crippen LogP contribution in [-0.4, -0.2) is 29.6 Å². The fourth-order valence-electron chi connectivity index (χ4n) is 1.75. The standard InChI is InChI=1S/C12H14N2O/c1-9-8-10-6-4-5-7-11(10)14(9)12(15)13(2)3/h4-8H,1-3H3. The number of fused-ring (bicyclic) bond motifs is 1. The van der Waals surface area contributed by atoms with Crippen LogP contribution in [0, 0.1) is 6.92 Å². The number of nitrogens with zero attached hydrogens (tertiary/aromatic N) is 2. The molecular formula is C12H14N2O. The highest BCUT2D eigenvalue weighted by molar-refractivity contribution is 5.92. The Morgan fingerprint density at radius 2 is 1.93 bits per heavy atom. The van der Waals surface area contributed by atoms with Crippen LogP contribution >= 0.6 is 0 Å². The van der Waals surface area contributed by atoms with Crippen LogP contribution in [0.4, 0.5) is 4.79 Å². The van der Waals surface area contributed by atoms with E-state index in [1.54, 1.807) is 23.6 Å². The van der Waals surface area contributed by atoms with Crippen LogP contribution in [-0.2, 0) is 0 Å². The fourth-order valence-corrected chi connectivity index (χ4v) is 1.75. The average molecular weight is 202 g/mol. The zero-order valence-corrected chi connectivity index (χ0v) is 9.19. The summed E-state index contributed by atoms with van der Waals surface area (Å²) >= 11 is 0. The Kier molecular flexibility index (Phi) is 2.23. The van der Waals surface area contributed by atoms with Crippen LogP contribution < -0.4 is 0 Å². The third kappa shape index (κ3) is 1.50. The Morgan fingerprint density at radius 1 is 1.27 bits per heavy atom.